The van der Waals surface area contributed by atoms with Crippen molar-refractivity contribution in [3.63, 3.8) is 0 Å². The first-order valence-electron chi connectivity index (χ1n) is 12.8. The minimum absolute atomic E-state index is 0.180. The molecule has 2 aromatic rings. The number of likely N-dealkylation sites (tertiary alicyclic amines) is 1. The van der Waals surface area contributed by atoms with E-state index in [-0.39, 0.29) is 5.92 Å². The molecule has 2 aromatic carbocycles. The van der Waals surface area contributed by atoms with Crippen LogP contribution in [-0.4, -0.2) is 88.6 Å². The van der Waals surface area contributed by atoms with Crippen molar-refractivity contribution in [1.29, 1.82) is 0 Å². The molecule has 0 spiro atoms. The highest BCUT2D eigenvalue weighted by Gasteiger charge is 2.30. The average Bonchev–Trinajstić information content (AvgIpc) is 2.91. The predicted octanol–water partition coefficient (Wildman–Crippen LogP) is 2.80. The van der Waals surface area contributed by atoms with Gasteiger partial charge < -0.3 is 19.8 Å². The van der Waals surface area contributed by atoms with Crippen molar-refractivity contribution in [3.05, 3.63) is 65.7 Å². The Hall–Kier alpha value is -3.43. The zero-order valence-corrected chi connectivity index (χ0v) is 21.4. The lowest BCUT2D eigenvalue weighted by atomic mass is 9.94. The number of benzene rings is 2. The van der Waals surface area contributed by atoms with Gasteiger partial charge in [-0.2, -0.15) is 0 Å². The zero-order valence-electron chi connectivity index (χ0n) is 21.4. The first-order chi connectivity index (χ1) is 17.9. The molecule has 2 saturated heterocycles. The Labute approximate surface area is 218 Å². The van der Waals surface area contributed by atoms with Gasteiger partial charge in [0.05, 0.1) is 6.61 Å². The number of piperidine rings is 1. The minimum Gasteiger partial charge on any atom is -0.494 e. The molecule has 2 heterocycles. The van der Waals surface area contributed by atoms with Crippen LogP contribution in [0.5, 0.6) is 5.75 Å². The van der Waals surface area contributed by atoms with Crippen LogP contribution in [0.3, 0.4) is 0 Å². The van der Waals surface area contributed by atoms with Gasteiger partial charge in [0.2, 0.25) is 5.91 Å². The number of carbonyl (C=O) groups is 3. The van der Waals surface area contributed by atoms with E-state index in [0.717, 1.165) is 70.9 Å². The van der Waals surface area contributed by atoms with Crippen LogP contribution in [0.4, 0.5) is 0 Å². The minimum atomic E-state index is -1.82. The van der Waals surface area contributed by atoms with E-state index in [9.17, 15) is 4.79 Å². The number of carboxylic acid groups (broad SMARTS) is 2. The maximum atomic E-state index is 13.1. The summed E-state index contributed by atoms with van der Waals surface area (Å²) >= 11 is 0. The number of carboxylic acids is 2. The van der Waals surface area contributed by atoms with Gasteiger partial charge in [0.25, 0.3) is 0 Å². The van der Waals surface area contributed by atoms with Gasteiger partial charge >= 0.3 is 11.9 Å². The molecule has 0 bridgehead atoms. The average molecular weight is 512 g/mol. The maximum Gasteiger partial charge on any atom is 0.414 e. The fraction of sp³-hybridized carbons (Fsp3) is 0.464. The summed E-state index contributed by atoms with van der Waals surface area (Å²) in [5.41, 5.74) is 2.59. The molecule has 0 radical (unpaired) electrons. The van der Waals surface area contributed by atoms with E-state index in [2.05, 4.69) is 57.2 Å². The number of hydrogen-bond acceptors (Lipinski definition) is 6. The Kier molecular flexibility index (Phi) is 10.9. The van der Waals surface area contributed by atoms with Gasteiger partial charge in [0, 0.05) is 50.7 Å². The molecule has 0 saturated carbocycles. The lowest BCUT2D eigenvalue weighted by Gasteiger charge is -2.38. The van der Waals surface area contributed by atoms with Crippen molar-refractivity contribution in [1.82, 2.24) is 14.7 Å². The molecular formula is C28H37N3O6. The van der Waals surface area contributed by atoms with Gasteiger partial charge in [0.15, 0.2) is 0 Å². The number of carbonyl (C=O) groups excluding carboxylic acids is 1. The van der Waals surface area contributed by atoms with Crippen LogP contribution in [0, 0.1) is 5.92 Å². The van der Waals surface area contributed by atoms with E-state index in [1.165, 1.54) is 11.1 Å². The van der Waals surface area contributed by atoms with Crippen LogP contribution in [0.25, 0.3) is 0 Å². The van der Waals surface area contributed by atoms with Crippen molar-refractivity contribution in [3.8, 4) is 5.75 Å². The number of piperazine rings is 1. The normalized spacial score (nSPS) is 16.9. The van der Waals surface area contributed by atoms with Gasteiger partial charge in [-0.1, -0.05) is 48.5 Å². The SMILES string of the molecule is CCOc1ccccc1CN1CCC(C(=O)N2CCN(Cc3ccccc3)CC2)CC1.O=C(O)C(=O)O. The van der Waals surface area contributed by atoms with Gasteiger partial charge in [-0.25, -0.2) is 9.59 Å². The molecule has 1 amide bonds. The fourth-order valence-electron chi connectivity index (χ4n) is 4.74. The molecule has 200 valence electrons. The molecule has 4 rings (SSSR count). The number of para-hydroxylation sites is 1. The van der Waals surface area contributed by atoms with E-state index in [0.29, 0.717) is 12.5 Å². The second-order valence-corrected chi connectivity index (χ2v) is 9.29. The highest BCUT2D eigenvalue weighted by atomic mass is 16.5. The summed E-state index contributed by atoms with van der Waals surface area (Å²) in [4.78, 5) is 38.3. The smallest absolute Gasteiger partial charge is 0.414 e. The first kappa shape index (κ1) is 28.1. The van der Waals surface area contributed by atoms with E-state index in [4.69, 9.17) is 24.5 Å². The van der Waals surface area contributed by atoms with E-state index >= 15 is 0 Å². The van der Waals surface area contributed by atoms with Crippen molar-refractivity contribution < 1.29 is 29.3 Å². The topological polar surface area (TPSA) is 111 Å². The van der Waals surface area contributed by atoms with Crippen LogP contribution < -0.4 is 4.74 Å². The molecule has 37 heavy (non-hydrogen) atoms. The summed E-state index contributed by atoms with van der Waals surface area (Å²) in [6, 6.07) is 18.9. The number of hydrogen-bond donors (Lipinski definition) is 2. The van der Waals surface area contributed by atoms with E-state index in [1.54, 1.807) is 0 Å². The Morgan fingerprint density at radius 2 is 1.35 bits per heavy atom. The largest absolute Gasteiger partial charge is 0.494 e. The van der Waals surface area contributed by atoms with Crippen LogP contribution >= 0.6 is 0 Å². The van der Waals surface area contributed by atoms with Gasteiger partial charge in [-0.05, 0) is 44.5 Å². The summed E-state index contributed by atoms with van der Waals surface area (Å²) in [7, 11) is 0. The molecule has 0 atom stereocenters. The van der Waals surface area contributed by atoms with Crippen molar-refractivity contribution >= 4 is 17.8 Å². The Bertz CT molecular complexity index is 1000. The Morgan fingerprint density at radius 1 is 0.784 bits per heavy atom. The standard InChI is InChI=1S/C26H35N3O2.C2H2O4/c1-2-31-25-11-7-6-10-24(25)21-27-14-12-23(13-15-27)26(30)29-18-16-28(17-19-29)20-22-8-4-3-5-9-22;3-1(4)2(5)6/h3-11,23H,2,12-21H2,1H3;(H,3,4)(H,5,6). The Balaban J connectivity index is 0.000000568. The number of amides is 1. The quantitative estimate of drug-likeness (QED) is 0.546. The molecule has 0 aromatic heterocycles. The highest BCUT2D eigenvalue weighted by molar-refractivity contribution is 6.27. The van der Waals surface area contributed by atoms with E-state index in [1.807, 2.05) is 19.1 Å². The number of ether oxygens (including phenoxy) is 1. The summed E-state index contributed by atoms with van der Waals surface area (Å²) in [5.74, 6) is -2.12. The summed E-state index contributed by atoms with van der Waals surface area (Å²) < 4.78 is 5.77. The highest BCUT2D eigenvalue weighted by Crippen LogP contribution is 2.25. The number of nitrogens with zero attached hydrogens (tertiary/aromatic N) is 3. The van der Waals surface area contributed by atoms with Crippen molar-refractivity contribution in [2.24, 2.45) is 5.92 Å². The monoisotopic (exact) mass is 511 g/mol. The molecule has 2 fully saturated rings. The lowest BCUT2D eigenvalue weighted by Crippen LogP contribution is -2.51. The summed E-state index contributed by atoms with van der Waals surface area (Å²) in [6.45, 7) is 10.2. The fourth-order valence-corrected chi connectivity index (χ4v) is 4.74. The third kappa shape index (κ3) is 8.87. The molecular weight excluding hydrogens is 474 g/mol. The zero-order chi connectivity index (χ0) is 26.6. The van der Waals surface area contributed by atoms with Crippen LogP contribution in [-0.2, 0) is 27.5 Å². The molecule has 0 aliphatic carbocycles. The lowest BCUT2D eigenvalue weighted by molar-refractivity contribution is -0.159. The van der Waals surface area contributed by atoms with E-state index < -0.39 is 11.9 Å². The molecule has 2 aliphatic heterocycles. The van der Waals surface area contributed by atoms with Gasteiger partial charge in [-0.15, -0.1) is 0 Å². The summed E-state index contributed by atoms with van der Waals surface area (Å²) in [6.07, 6.45) is 1.92. The first-order valence-corrected chi connectivity index (χ1v) is 12.8. The van der Waals surface area contributed by atoms with Crippen LogP contribution in [0.1, 0.15) is 30.9 Å². The van der Waals surface area contributed by atoms with Gasteiger partial charge in [-0.3, -0.25) is 14.6 Å². The van der Waals surface area contributed by atoms with Crippen molar-refractivity contribution in [2.45, 2.75) is 32.9 Å². The van der Waals surface area contributed by atoms with Crippen LogP contribution in [0.2, 0.25) is 0 Å². The van der Waals surface area contributed by atoms with Crippen LogP contribution in [0.15, 0.2) is 54.6 Å². The third-order valence-corrected chi connectivity index (χ3v) is 6.72. The number of aliphatic carboxylic acids is 2. The molecule has 2 aliphatic rings. The van der Waals surface area contributed by atoms with Gasteiger partial charge in [0.1, 0.15) is 5.75 Å². The Morgan fingerprint density at radius 3 is 1.95 bits per heavy atom. The molecule has 0 unspecified atom stereocenters. The third-order valence-electron chi connectivity index (χ3n) is 6.72. The molecule has 9 heteroatoms. The predicted molar refractivity (Wildman–Crippen MR) is 139 cm³/mol. The second kappa shape index (κ2) is 14.3. The molecule has 2 N–H and O–H groups in total. The van der Waals surface area contributed by atoms with Crippen molar-refractivity contribution in [2.75, 3.05) is 45.9 Å². The molecule has 9 nitrogen and oxygen atoms in total. The number of rotatable bonds is 7. The maximum absolute atomic E-state index is 13.1. The second-order valence-electron chi connectivity index (χ2n) is 9.29. The summed E-state index contributed by atoms with van der Waals surface area (Å²) in [5, 5.41) is 14.8.